The molecule has 1 aromatic rings. The third-order valence-corrected chi connectivity index (χ3v) is 2.45. The lowest BCUT2D eigenvalue weighted by Gasteiger charge is -2.21. The van der Waals surface area contributed by atoms with Crippen molar-refractivity contribution in [3.63, 3.8) is 0 Å². The van der Waals surface area contributed by atoms with E-state index < -0.39 is 12.7 Å². The number of hydrogen-bond donors (Lipinski definition) is 1. The van der Waals surface area contributed by atoms with Gasteiger partial charge in [-0.2, -0.15) is 13.2 Å². The molecule has 0 saturated carbocycles. The van der Waals surface area contributed by atoms with Crippen LogP contribution in [-0.4, -0.2) is 36.0 Å². The average Bonchev–Trinajstić information content (AvgIpc) is 2.48. The maximum atomic E-state index is 12.2. The smallest absolute Gasteiger partial charge is 0.336 e. The summed E-state index contributed by atoms with van der Waals surface area (Å²) in [6.07, 6.45) is -4.26. The topological polar surface area (TPSA) is 55.0 Å². The van der Waals surface area contributed by atoms with Crippen molar-refractivity contribution in [1.82, 2.24) is 10.2 Å². The highest BCUT2D eigenvalue weighted by Crippen LogP contribution is 2.24. The van der Waals surface area contributed by atoms with Crippen LogP contribution in [0.4, 0.5) is 18.3 Å². The third kappa shape index (κ3) is 4.00. The minimum Gasteiger partial charge on any atom is -0.336 e. The molecule has 2 N–H and O–H groups in total. The zero-order valence-corrected chi connectivity index (χ0v) is 8.90. The Morgan fingerprint density at radius 2 is 2.07 bits per heavy atom. The molecule has 0 bridgehead atoms. The largest absolute Gasteiger partial charge is 0.406 e. The van der Waals surface area contributed by atoms with E-state index in [0.717, 1.165) is 16.2 Å². The second-order valence-electron chi connectivity index (χ2n) is 2.93. The van der Waals surface area contributed by atoms with Crippen LogP contribution in [0.1, 0.15) is 5.01 Å². The predicted molar refractivity (Wildman–Crippen MR) is 52.0 cm³/mol. The van der Waals surface area contributed by atoms with Crippen LogP contribution in [0.5, 0.6) is 0 Å². The van der Waals surface area contributed by atoms with E-state index in [4.69, 9.17) is 5.73 Å². The second kappa shape index (κ2) is 4.75. The van der Waals surface area contributed by atoms with Crippen LogP contribution in [0, 0.1) is 6.92 Å². The Labute approximate surface area is 88.9 Å². The molecule has 15 heavy (non-hydrogen) atoms. The van der Waals surface area contributed by atoms with E-state index in [2.05, 4.69) is 10.2 Å². The molecule has 1 rings (SSSR count). The summed E-state index contributed by atoms with van der Waals surface area (Å²) in [6, 6.07) is 0. The molecule has 0 saturated heterocycles. The first kappa shape index (κ1) is 12.2. The molecule has 1 aromatic heterocycles. The molecule has 86 valence electrons. The first-order valence-corrected chi connectivity index (χ1v) is 5.06. The fraction of sp³-hybridized carbons (Fsp3) is 0.714. The molecule has 0 atom stereocenters. The monoisotopic (exact) mass is 240 g/mol. The normalized spacial score (nSPS) is 11.8. The number of nitrogens with zero attached hydrogens (tertiary/aromatic N) is 3. The van der Waals surface area contributed by atoms with Crippen molar-refractivity contribution >= 4 is 16.5 Å². The molecule has 0 fully saturated rings. The van der Waals surface area contributed by atoms with E-state index >= 15 is 0 Å². The minimum absolute atomic E-state index is 0.119. The van der Waals surface area contributed by atoms with Crippen molar-refractivity contribution in [2.75, 3.05) is 24.5 Å². The molecule has 8 heteroatoms. The molecule has 0 aliphatic heterocycles. The quantitative estimate of drug-likeness (QED) is 0.858. The van der Waals surface area contributed by atoms with Crippen molar-refractivity contribution < 1.29 is 13.2 Å². The van der Waals surface area contributed by atoms with Gasteiger partial charge in [-0.25, -0.2) is 0 Å². The van der Waals surface area contributed by atoms with Crippen LogP contribution in [0.15, 0.2) is 0 Å². The highest BCUT2D eigenvalue weighted by molar-refractivity contribution is 7.15. The van der Waals surface area contributed by atoms with Crippen molar-refractivity contribution in [2.24, 2.45) is 5.73 Å². The molecule has 0 aliphatic rings. The highest BCUT2D eigenvalue weighted by Gasteiger charge is 2.31. The lowest BCUT2D eigenvalue weighted by molar-refractivity contribution is -0.119. The van der Waals surface area contributed by atoms with E-state index in [-0.39, 0.29) is 18.2 Å². The molecule has 0 aliphatic carbocycles. The fourth-order valence-corrected chi connectivity index (χ4v) is 1.74. The summed E-state index contributed by atoms with van der Waals surface area (Å²) < 4.78 is 36.6. The number of rotatable bonds is 4. The van der Waals surface area contributed by atoms with Crippen molar-refractivity contribution in [1.29, 1.82) is 0 Å². The van der Waals surface area contributed by atoms with E-state index in [1.807, 2.05) is 0 Å². The van der Waals surface area contributed by atoms with Gasteiger partial charge in [0.25, 0.3) is 0 Å². The number of nitrogens with two attached hydrogens (primary N) is 1. The zero-order chi connectivity index (χ0) is 11.5. The maximum Gasteiger partial charge on any atom is 0.406 e. The average molecular weight is 240 g/mol. The molecular formula is C7H11F3N4S. The number of aromatic nitrogens is 2. The van der Waals surface area contributed by atoms with Gasteiger partial charge in [0.05, 0.1) is 0 Å². The Morgan fingerprint density at radius 1 is 1.40 bits per heavy atom. The summed E-state index contributed by atoms with van der Waals surface area (Å²) in [4.78, 5) is 1.09. The number of aryl methyl sites for hydroxylation is 1. The molecule has 4 nitrogen and oxygen atoms in total. The summed E-state index contributed by atoms with van der Waals surface area (Å²) >= 11 is 1.12. The van der Waals surface area contributed by atoms with E-state index in [0.29, 0.717) is 5.01 Å². The third-order valence-electron chi connectivity index (χ3n) is 1.56. The minimum atomic E-state index is -4.26. The number of hydrogen-bond acceptors (Lipinski definition) is 5. The molecule has 0 unspecified atom stereocenters. The molecule has 0 amide bonds. The Morgan fingerprint density at radius 3 is 2.47 bits per heavy atom. The van der Waals surface area contributed by atoms with Gasteiger partial charge in [-0.05, 0) is 6.92 Å². The lowest BCUT2D eigenvalue weighted by atomic mass is 10.5. The van der Waals surface area contributed by atoms with Crippen LogP contribution in [0.25, 0.3) is 0 Å². The molecule has 0 spiro atoms. The number of halogens is 3. The van der Waals surface area contributed by atoms with Gasteiger partial charge in [-0.1, -0.05) is 11.3 Å². The first-order chi connectivity index (χ1) is 6.92. The SMILES string of the molecule is Cc1nnc(N(CCN)CC(F)(F)F)s1. The van der Waals surface area contributed by atoms with Crippen LogP contribution in [0.2, 0.25) is 0 Å². The summed E-state index contributed by atoms with van der Waals surface area (Å²) in [5.41, 5.74) is 5.24. The van der Waals surface area contributed by atoms with Gasteiger partial charge in [0.2, 0.25) is 5.13 Å². The van der Waals surface area contributed by atoms with E-state index in [1.165, 1.54) is 0 Å². The number of anilines is 1. The van der Waals surface area contributed by atoms with Crippen molar-refractivity contribution in [3.05, 3.63) is 5.01 Å². The summed E-state index contributed by atoms with van der Waals surface area (Å²) in [5, 5.41) is 8.22. The van der Waals surface area contributed by atoms with Gasteiger partial charge in [-0.3, -0.25) is 0 Å². The number of alkyl halides is 3. The van der Waals surface area contributed by atoms with Gasteiger partial charge < -0.3 is 10.6 Å². The lowest BCUT2D eigenvalue weighted by Crippen LogP contribution is -2.37. The highest BCUT2D eigenvalue weighted by atomic mass is 32.1. The molecule has 1 heterocycles. The summed E-state index contributed by atoms with van der Waals surface area (Å²) in [5.74, 6) is 0. The summed E-state index contributed by atoms with van der Waals surface area (Å²) in [6.45, 7) is 0.914. The van der Waals surface area contributed by atoms with Crippen molar-refractivity contribution in [2.45, 2.75) is 13.1 Å². The Hall–Kier alpha value is -0.890. The Kier molecular flexibility index (Phi) is 3.86. The maximum absolute atomic E-state index is 12.2. The Balaban J connectivity index is 2.74. The van der Waals surface area contributed by atoms with E-state index in [9.17, 15) is 13.2 Å². The first-order valence-electron chi connectivity index (χ1n) is 4.24. The predicted octanol–water partition coefficient (Wildman–Crippen LogP) is 1.17. The van der Waals surface area contributed by atoms with Gasteiger partial charge in [0.1, 0.15) is 11.6 Å². The second-order valence-corrected chi connectivity index (χ2v) is 4.09. The molecule has 0 radical (unpaired) electrons. The zero-order valence-electron chi connectivity index (χ0n) is 8.08. The standard InChI is InChI=1S/C7H11F3N4S/c1-5-12-13-6(15-5)14(3-2-11)4-7(8,9)10/h2-4,11H2,1H3. The van der Waals surface area contributed by atoms with Crippen molar-refractivity contribution in [3.8, 4) is 0 Å². The van der Waals surface area contributed by atoms with Crippen LogP contribution in [-0.2, 0) is 0 Å². The molecular weight excluding hydrogens is 229 g/mol. The fourth-order valence-electron chi connectivity index (χ4n) is 1.03. The van der Waals surface area contributed by atoms with Gasteiger partial charge in [0, 0.05) is 13.1 Å². The van der Waals surface area contributed by atoms with Crippen LogP contribution in [0.3, 0.4) is 0 Å². The summed E-state index contributed by atoms with van der Waals surface area (Å²) in [7, 11) is 0. The van der Waals surface area contributed by atoms with Gasteiger partial charge in [0.15, 0.2) is 0 Å². The Bertz CT molecular complexity index is 311. The molecule has 0 aromatic carbocycles. The van der Waals surface area contributed by atoms with Crippen LogP contribution >= 0.6 is 11.3 Å². The van der Waals surface area contributed by atoms with Gasteiger partial charge >= 0.3 is 6.18 Å². The van der Waals surface area contributed by atoms with Gasteiger partial charge in [-0.15, -0.1) is 10.2 Å². The van der Waals surface area contributed by atoms with E-state index in [1.54, 1.807) is 6.92 Å². The van der Waals surface area contributed by atoms with Crippen LogP contribution < -0.4 is 10.6 Å².